The van der Waals surface area contributed by atoms with Crippen LogP contribution in [0.5, 0.6) is 5.75 Å². The lowest BCUT2D eigenvalue weighted by molar-refractivity contribution is 0.302. The zero-order chi connectivity index (χ0) is 14.5. The van der Waals surface area contributed by atoms with Crippen molar-refractivity contribution in [3.8, 4) is 5.75 Å². The van der Waals surface area contributed by atoms with Crippen molar-refractivity contribution in [1.29, 1.82) is 0 Å². The first kappa shape index (κ1) is 14.6. The highest BCUT2D eigenvalue weighted by Gasteiger charge is 2.10. The molecule has 0 bridgehead atoms. The Balaban J connectivity index is 2.16. The number of ether oxygens (including phenoxy) is 1. The van der Waals surface area contributed by atoms with Crippen LogP contribution in [0, 0.1) is 13.8 Å². The van der Waals surface area contributed by atoms with E-state index in [1.807, 2.05) is 32.0 Å². The van der Waals surface area contributed by atoms with Crippen LogP contribution in [0.2, 0.25) is 0 Å². The van der Waals surface area contributed by atoms with E-state index in [9.17, 15) is 0 Å². The summed E-state index contributed by atoms with van der Waals surface area (Å²) in [6.07, 6.45) is 0. The first-order chi connectivity index (χ1) is 9.61. The summed E-state index contributed by atoms with van der Waals surface area (Å²) in [4.78, 5) is 0. The van der Waals surface area contributed by atoms with Crippen molar-refractivity contribution in [3.05, 3.63) is 64.7 Å². The Bertz CT molecular complexity index is 543. The number of rotatable bonds is 5. The zero-order valence-electron chi connectivity index (χ0n) is 12.1. The van der Waals surface area contributed by atoms with Crippen molar-refractivity contribution in [2.75, 3.05) is 6.54 Å². The summed E-state index contributed by atoms with van der Waals surface area (Å²) in [6.45, 7) is 5.11. The summed E-state index contributed by atoms with van der Waals surface area (Å²) in [5.74, 6) is 0.932. The first-order valence-corrected chi connectivity index (χ1v) is 6.85. The molecule has 0 aliphatic rings. The van der Waals surface area contributed by atoms with Crippen LogP contribution >= 0.6 is 0 Å². The Hall–Kier alpha value is -1.84. The van der Waals surface area contributed by atoms with Crippen LogP contribution in [0.4, 0.5) is 0 Å². The van der Waals surface area contributed by atoms with Crippen LogP contribution in [0.3, 0.4) is 0 Å². The molecule has 0 aromatic heterocycles. The van der Waals surface area contributed by atoms with Crippen molar-refractivity contribution in [2.24, 2.45) is 11.5 Å². The molecule has 0 saturated heterocycles. The largest absolute Gasteiger partial charge is 0.488 e. The van der Waals surface area contributed by atoms with E-state index < -0.39 is 0 Å². The van der Waals surface area contributed by atoms with Crippen LogP contribution < -0.4 is 16.2 Å². The van der Waals surface area contributed by atoms with Crippen LogP contribution in [0.1, 0.15) is 28.3 Å². The molecule has 3 heteroatoms. The molecule has 0 amide bonds. The van der Waals surface area contributed by atoms with Crippen molar-refractivity contribution in [1.82, 2.24) is 0 Å². The summed E-state index contributed by atoms with van der Waals surface area (Å²) in [7, 11) is 0. The van der Waals surface area contributed by atoms with Gasteiger partial charge in [-0.1, -0.05) is 42.5 Å². The highest BCUT2D eigenvalue weighted by molar-refractivity contribution is 5.44. The van der Waals surface area contributed by atoms with Gasteiger partial charge in [-0.3, -0.25) is 0 Å². The van der Waals surface area contributed by atoms with Gasteiger partial charge in [0.05, 0.1) is 0 Å². The van der Waals surface area contributed by atoms with Gasteiger partial charge in [-0.15, -0.1) is 0 Å². The Morgan fingerprint density at radius 3 is 2.20 bits per heavy atom. The van der Waals surface area contributed by atoms with E-state index in [1.165, 1.54) is 0 Å². The summed E-state index contributed by atoms with van der Waals surface area (Å²) < 4.78 is 5.95. The molecule has 4 N–H and O–H groups in total. The van der Waals surface area contributed by atoms with Crippen LogP contribution in [-0.2, 0) is 6.61 Å². The lowest BCUT2D eigenvalue weighted by atomic mass is 10.0. The molecule has 2 aromatic rings. The van der Waals surface area contributed by atoms with E-state index in [4.69, 9.17) is 16.2 Å². The molecule has 20 heavy (non-hydrogen) atoms. The van der Waals surface area contributed by atoms with Gasteiger partial charge in [0.2, 0.25) is 0 Å². The monoisotopic (exact) mass is 270 g/mol. The molecular formula is C17H22N2O. The van der Waals surface area contributed by atoms with Crippen molar-refractivity contribution >= 4 is 0 Å². The highest BCUT2D eigenvalue weighted by Crippen LogP contribution is 2.27. The maximum atomic E-state index is 5.98. The minimum Gasteiger partial charge on any atom is -0.488 e. The predicted molar refractivity (Wildman–Crippen MR) is 82.7 cm³/mol. The molecule has 2 aromatic carbocycles. The summed E-state index contributed by atoms with van der Waals surface area (Å²) in [5, 5.41) is 0. The Kier molecular flexibility index (Phi) is 4.77. The van der Waals surface area contributed by atoms with Gasteiger partial charge in [-0.05, 0) is 36.1 Å². The molecule has 0 aliphatic carbocycles. The van der Waals surface area contributed by atoms with Gasteiger partial charge in [0, 0.05) is 12.6 Å². The second-order valence-corrected chi connectivity index (χ2v) is 5.10. The second-order valence-electron chi connectivity index (χ2n) is 5.10. The van der Waals surface area contributed by atoms with Crippen molar-refractivity contribution in [2.45, 2.75) is 26.5 Å². The van der Waals surface area contributed by atoms with Gasteiger partial charge in [0.15, 0.2) is 0 Å². The van der Waals surface area contributed by atoms with Crippen LogP contribution in [-0.4, -0.2) is 6.54 Å². The summed E-state index contributed by atoms with van der Waals surface area (Å²) >= 11 is 0. The molecule has 0 unspecified atom stereocenters. The van der Waals surface area contributed by atoms with E-state index in [1.54, 1.807) is 0 Å². The summed E-state index contributed by atoms with van der Waals surface area (Å²) in [5.41, 5.74) is 16.0. The van der Waals surface area contributed by atoms with Crippen LogP contribution in [0.15, 0.2) is 42.5 Å². The summed E-state index contributed by atoms with van der Waals surface area (Å²) in [6, 6.07) is 14.2. The fourth-order valence-corrected chi connectivity index (χ4v) is 2.29. The van der Waals surface area contributed by atoms with E-state index >= 15 is 0 Å². The minimum absolute atomic E-state index is 0.115. The highest BCUT2D eigenvalue weighted by atomic mass is 16.5. The van der Waals surface area contributed by atoms with Crippen molar-refractivity contribution in [3.63, 3.8) is 0 Å². The van der Waals surface area contributed by atoms with Gasteiger partial charge in [0.1, 0.15) is 12.4 Å². The third-order valence-corrected chi connectivity index (χ3v) is 3.39. The third kappa shape index (κ3) is 3.38. The predicted octanol–water partition coefficient (Wildman–Crippen LogP) is 2.84. The fourth-order valence-electron chi connectivity index (χ4n) is 2.29. The Labute approximate surface area is 120 Å². The number of benzene rings is 2. The molecule has 0 saturated carbocycles. The van der Waals surface area contributed by atoms with Gasteiger partial charge in [-0.2, -0.15) is 0 Å². The molecule has 0 fully saturated rings. The molecule has 0 heterocycles. The maximum absolute atomic E-state index is 5.98. The lowest BCUT2D eigenvalue weighted by Gasteiger charge is -2.16. The molecule has 0 radical (unpaired) electrons. The van der Waals surface area contributed by atoms with Gasteiger partial charge >= 0.3 is 0 Å². The van der Waals surface area contributed by atoms with E-state index in [0.717, 1.165) is 28.0 Å². The van der Waals surface area contributed by atoms with E-state index in [-0.39, 0.29) is 6.04 Å². The smallest absolute Gasteiger partial charge is 0.125 e. The second kappa shape index (κ2) is 6.55. The van der Waals surface area contributed by atoms with E-state index in [0.29, 0.717) is 13.2 Å². The molecular weight excluding hydrogens is 248 g/mol. The average Bonchev–Trinajstić information content (AvgIpc) is 2.46. The first-order valence-electron chi connectivity index (χ1n) is 6.85. The number of aryl methyl sites for hydroxylation is 2. The topological polar surface area (TPSA) is 61.3 Å². The molecule has 3 nitrogen and oxygen atoms in total. The lowest BCUT2D eigenvalue weighted by Crippen LogP contribution is -2.21. The quantitative estimate of drug-likeness (QED) is 0.878. The number of nitrogens with two attached hydrogens (primary N) is 2. The molecule has 1 atom stereocenters. The van der Waals surface area contributed by atoms with Gasteiger partial charge < -0.3 is 16.2 Å². The Morgan fingerprint density at radius 1 is 1.05 bits per heavy atom. The normalized spacial score (nSPS) is 12.2. The molecule has 2 rings (SSSR count). The average molecular weight is 270 g/mol. The molecule has 0 aliphatic heterocycles. The molecule has 0 spiro atoms. The minimum atomic E-state index is -0.115. The van der Waals surface area contributed by atoms with Gasteiger partial charge in [0.25, 0.3) is 0 Å². The van der Waals surface area contributed by atoms with E-state index in [2.05, 4.69) is 24.3 Å². The van der Waals surface area contributed by atoms with Crippen LogP contribution in [0.25, 0.3) is 0 Å². The standard InChI is InChI=1S/C17H22N2O/c1-12-8-15(16(19)10-18)9-13(2)17(12)20-11-14-6-4-3-5-7-14/h3-9,16H,10-11,18-19H2,1-2H3/t16-/m1/s1. The zero-order valence-corrected chi connectivity index (χ0v) is 12.1. The maximum Gasteiger partial charge on any atom is 0.125 e. The fraction of sp³-hybridized carbons (Fsp3) is 0.294. The Morgan fingerprint density at radius 2 is 1.65 bits per heavy atom. The SMILES string of the molecule is Cc1cc([C@H](N)CN)cc(C)c1OCc1ccccc1. The number of hydrogen-bond acceptors (Lipinski definition) is 3. The van der Waals surface area contributed by atoms with Crippen molar-refractivity contribution < 1.29 is 4.74 Å². The third-order valence-electron chi connectivity index (χ3n) is 3.39. The molecule has 106 valence electrons. The number of hydrogen-bond donors (Lipinski definition) is 2. The van der Waals surface area contributed by atoms with Gasteiger partial charge in [-0.25, -0.2) is 0 Å².